The highest BCUT2D eigenvalue weighted by atomic mass is 31.2. The van der Waals surface area contributed by atoms with Crippen LogP contribution in [0.2, 0.25) is 0 Å². The van der Waals surface area contributed by atoms with Crippen LogP contribution in [-0.4, -0.2) is 74.2 Å². The Labute approximate surface area is 195 Å². The fraction of sp³-hybridized carbons (Fsp3) is 0.412. The van der Waals surface area contributed by atoms with Crippen molar-refractivity contribution >= 4 is 26.7 Å². The summed E-state index contributed by atoms with van der Waals surface area (Å²) in [6.07, 6.45) is -6.18. The van der Waals surface area contributed by atoms with Gasteiger partial charge < -0.3 is 34.4 Å². The maximum Gasteiger partial charge on any atom is 0.470 e. The molecule has 35 heavy (non-hydrogen) atoms. The van der Waals surface area contributed by atoms with Crippen molar-refractivity contribution < 1.29 is 48.0 Å². The van der Waals surface area contributed by atoms with Crippen LogP contribution in [0.25, 0.3) is 22.6 Å². The van der Waals surface area contributed by atoms with Crippen LogP contribution >= 0.6 is 15.6 Å². The lowest BCUT2D eigenvalue weighted by Gasteiger charge is -2.28. The van der Waals surface area contributed by atoms with Crippen LogP contribution in [0.1, 0.15) is 11.1 Å². The van der Waals surface area contributed by atoms with Crippen molar-refractivity contribution in [3.63, 3.8) is 0 Å². The van der Waals surface area contributed by atoms with E-state index in [1.54, 1.807) is 26.0 Å². The number of aliphatic hydroxyl groups is 2. The maximum atomic E-state index is 12.3. The van der Waals surface area contributed by atoms with Crippen LogP contribution in [0.4, 0.5) is 0 Å². The van der Waals surface area contributed by atoms with E-state index >= 15 is 0 Å². The fourth-order valence-corrected chi connectivity index (χ4v) is 4.20. The molecule has 2 heterocycles. The van der Waals surface area contributed by atoms with Gasteiger partial charge in [0.2, 0.25) is 0 Å². The number of fused-ring (bicyclic) bond motifs is 2. The summed E-state index contributed by atoms with van der Waals surface area (Å²) in [5.41, 5.74) is 0.0355. The van der Waals surface area contributed by atoms with Gasteiger partial charge in [-0.2, -0.15) is 4.98 Å². The third-order valence-electron chi connectivity index (χ3n) is 5.05. The minimum Gasteiger partial charge on any atom is -0.388 e. The van der Waals surface area contributed by atoms with Gasteiger partial charge in [0, 0.05) is 0 Å². The predicted octanol–water partition coefficient (Wildman–Crippen LogP) is -1.49. The lowest BCUT2D eigenvalue weighted by molar-refractivity contribution is -0.0764. The monoisotopic (exact) mass is 536 g/mol. The number of benzene rings is 1. The predicted molar refractivity (Wildman–Crippen MR) is 117 cm³/mol. The van der Waals surface area contributed by atoms with Gasteiger partial charge in [0.15, 0.2) is 11.5 Å². The van der Waals surface area contributed by atoms with Gasteiger partial charge in [0.05, 0.1) is 24.2 Å². The Kier molecular flexibility index (Phi) is 7.74. The van der Waals surface area contributed by atoms with E-state index in [4.69, 9.17) is 19.6 Å². The SMILES string of the molecule is Cc1cc2nc3c(=O)[nH]c(=O)nc-3n(CC(O)C(O)C(COP(=O)(O)O)OP(=O)(O)O)c2cc1C. The number of hydrogen-bond acceptors (Lipinski definition) is 10. The molecule has 3 rings (SSSR count). The van der Waals surface area contributed by atoms with Crippen LogP contribution in [0.3, 0.4) is 0 Å². The van der Waals surface area contributed by atoms with E-state index in [1.165, 1.54) is 4.57 Å². The van der Waals surface area contributed by atoms with E-state index in [9.17, 15) is 28.9 Å². The first-order valence-electron chi connectivity index (χ1n) is 9.78. The smallest absolute Gasteiger partial charge is 0.388 e. The lowest BCUT2D eigenvalue weighted by Crippen LogP contribution is -2.43. The normalized spacial score (nSPS) is 15.4. The van der Waals surface area contributed by atoms with Crippen molar-refractivity contribution in [3.8, 4) is 11.5 Å². The van der Waals surface area contributed by atoms with E-state index < -0.39 is 58.4 Å². The van der Waals surface area contributed by atoms with Crippen molar-refractivity contribution in [1.29, 1.82) is 0 Å². The minimum atomic E-state index is -5.30. The largest absolute Gasteiger partial charge is 0.470 e. The number of aliphatic hydroxyl groups excluding tert-OH is 2. The highest BCUT2D eigenvalue weighted by Crippen LogP contribution is 2.41. The van der Waals surface area contributed by atoms with Gasteiger partial charge in [-0.15, -0.1) is 0 Å². The average molecular weight is 536 g/mol. The van der Waals surface area contributed by atoms with Crippen LogP contribution in [0, 0.1) is 13.8 Å². The summed E-state index contributed by atoms with van der Waals surface area (Å²) < 4.78 is 32.0. The number of H-pyrrole nitrogens is 1. The summed E-state index contributed by atoms with van der Waals surface area (Å²) in [5, 5.41) is 21.2. The molecule has 0 amide bonds. The number of aryl methyl sites for hydroxylation is 2. The molecule has 0 fully saturated rings. The zero-order valence-electron chi connectivity index (χ0n) is 18.2. The molecule has 18 heteroatoms. The van der Waals surface area contributed by atoms with E-state index in [2.05, 4.69) is 19.0 Å². The Morgan fingerprint density at radius 2 is 1.66 bits per heavy atom. The molecule has 3 atom stereocenters. The van der Waals surface area contributed by atoms with Gasteiger partial charge in [0.1, 0.15) is 18.3 Å². The number of nitrogens with zero attached hydrogens (tertiary/aromatic N) is 3. The second-order valence-corrected chi connectivity index (χ2v) is 10.1. The van der Waals surface area contributed by atoms with Crippen LogP contribution in [0.15, 0.2) is 21.7 Å². The molecular formula is C17H22N4O12P2. The average Bonchev–Trinajstić information content (AvgIpc) is 2.71. The van der Waals surface area contributed by atoms with E-state index in [-0.39, 0.29) is 17.0 Å². The van der Waals surface area contributed by atoms with Gasteiger partial charge in [-0.05, 0) is 37.1 Å². The van der Waals surface area contributed by atoms with Crippen LogP contribution < -0.4 is 11.2 Å². The summed E-state index contributed by atoms with van der Waals surface area (Å²) >= 11 is 0. The van der Waals surface area contributed by atoms with Crippen molar-refractivity contribution in [3.05, 3.63) is 44.1 Å². The quantitative estimate of drug-likeness (QED) is 0.121. The van der Waals surface area contributed by atoms with Crippen molar-refractivity contribution in [2.24, 2.45) is 0 Å². The molecule has 0 aromatic heterocycles. The number of phosphoric ester groups is 2. The molecule has 3 unspecified atom stereocenters. The topological polar surface area (TPSA) is 255 Å². The molecule has 192 valence electrons. The summed E-state index contributed by atoms with van der Waals surface area (Å²) in [5.74, 6) is -0.250. The molecule has 2 aliphatic heterocycles. The van der Waals surface area contributed by atoms with Gasteiger partial charge in [-0.1, -0.05) is 0 Å². The number of phosphoric acid groups is 2. The van der Waals surface area contributed by atoms with E-state index in [1.807, 2.05) is 4.98 Å². The standard InChI is InChI=1S/C17H22N4O12P2/c1-7-3-9-10(4-8(7)2)21(15-13(18-9)16(24)20-17(25)19-15)5-11(22)14(23)12(33-35(29,30)31)6-32-34(26,27)28/h3-4,11-12,14,22-23H,5-6H2,1-2H3,(H,20,24,25)(H2,26,27,28)(H2,29,30,31). The van der Waals surface area contributed by atoms with Crippen LogP contribution in [0.5, 0.6) is 0 Å². The molecule has 16 nitrogen and oxygen atoms in total. The van der Waals surface area contributed by atoms with Gasteiger partial charge >= 0.3 is 21.3 Å². The minimum absolute atomic E-state index is 0.250. The second kappa shape index (κ2) is 9.95. The molecule has 1 aromatic rings. The first kappa shape index (κ1) is 27.2. The van der Waals surface area contributed by atoms with Crippen LogP contribution in [-0.2, 0) is 24.7 Å². The molecule has 7 N–H and O–H groups in total. The highest BCUT2D eigenvalue weighted by molar-refractivity contribution is 7.46. The van der Waals surface area contributed by atoms with Gasteiger partial charge in [-0.25, -0.2) is 18.9 Å². The highest BCUT2D eigenvalue weighted by Gasteiger charge is 2.35. The Morgan fingerprint density at radius 3 is 2.26 bits per heavy atom. The Bertz CT molecular complexity index is 1430. The fourth-order valence-electron chi connectivity index (χ4n) is 3.32. The number of nitrogens with one attached hydrogen (secondary N) is 1. The summed E-state index contributed by atoms with van der Waals surface area (Å²) in [4.78, 5) is 70.1. The second-order valence-electron chi connectivity index (χ2n) is 7.67. The maximum absolute atomic E-state index is 12.3. The molecule has 1 aromatic carbocycles. The Morgan fingerprint density at radius 1 is 1.03 bits per heavy atom. The Hall–Kier alpha value is -2.36. The first-order valence-corrected chi connectivity index (χ1v) is 12.8. The van der Waals surface area contributed by atoms with Crippen molar-refractivity contribution in [2.75, 3.05) is 6.61 Å². The molecule has 0 bridgehead atoms. The first-order chi connectivity index (χ1) is 16.1. The zero-order valence-corrected chi connectivity index (χ0v) is 20.0. The summed E-state index contributed by atoms with van der Waals surface area (Å²) in [7, 11) is -10.4. The summed E-state index contributed by atoms with van der Waals surface area (Å²) in [6.45, 7) is 1.75. The van der Waals surface area contributed by atoms with Crippen molar-refractivity contribution in [2.45, 2.75) is 38.7 Å². The third-order valence-corrected chi connectivity index (χ3v) is 6.08. The molecule has 0 saturated heterocycles. The molecular weight excluding hydrogens is 514 g/mol. The zero-order chi connectivity index (χ0) is 26.3. The lowest BCUT2D eigenvalue weighted by atomic mass is 10.1. The van der Waals surface area contributed by atoms with E-state index in [0.29, 0.717) is 5.52 Å². The Balaban J connectivity index is 2.09. The number of aromatic nitrogens is 4. The third kappa shape index (κ3) is 6.65. The molecule has 0 radical (unpaired) electrons. The molecule has 2 aliphatic rings. The van der Waals surface area contributed by atoms with E-state index in [0.717, 1.165) is 11.1 Å². The molecule has 0 aliphatic carbocycles. The van der Waals surface area contributed by atoms with Gasteiger partial charge in [-0.3, -0.25) is 18.8 Å². The number of rotatable bonds is 9. The van der Waals surface area contributed by atoms with Crippen molar-refractivity contribution in [1.82, 2.24) is 19.5 Å². The number of hydrogen-bond donors (Lipinski definition) is 7. The molecule has 0 spiro atoms. The molecule has 0 saturated carbocycles. The summed E-state index contributed by atoms with van der Waals surface area (Å²) in [6, 6.07) is 3.27. The van der Waals surface area contributed by atoms with Gasteiger partial charge in [0.25, 0.3) is 5.56 Å². The number of aromatic amines is 1.